The molecular weight excluding hydrogens is 228 g/mol. The molecule has 1 rings (SSSR count). The molecule has 0 radical (unpaired) electrons. The van der Waals surface area contributed by atoms with Crippen molar-refractivity contribution in [3.63, 3.8) is 0 Å². The Morgan fingerprint density at radius 3 is 2.50 bits per heavy atom. The van der Waals surface area contributed by atoms with Crippen LogP contribution in [0.1, 0.15) is 31.7 Å². The van der Waals surface area contributed by atoms with E-state index < -0.39 is 0 Å². The van der Waals surface area contributed by atoms with E-state index in [0.29, 0.717) is 0 Å². The summed E-state index contributed by atoms with van der Waals surface area (Å²) in [5, 5.41) is 10.4. The van der Waals surface area contributed by atoms with Gasteiger partial charge in [-0.05, 0) is 12.8 Å². The Morgan fingerprint density at radius 1 is 1.25 bits per heavy atom. The molecule has 88 valence electrons. The van der Waals surface area contributed by atoms with Crippen molar-refractivity contribution in [3.05, 3.63) is 11.4 Å². The quantitative estimate of drug-likeness (QED) is 0.796. The summed E-state index contributed by atoms with van der Waals surface area (Å²) in [6.45, 7) is 3.99. The van der Waals surface area contributed by atoms with Crippen molar-refractivity contribution in [2.24, 2.45) is 0 Å². The van der Waals surface area contributed by atoms with Gasteiger partial charge in [0.05, 0.1) is 11.4 Å². The fourth-order valence-corrected chi connectivity index (χ4v) is 1.44. The number of halogens is 1. The molecule has 0 aromatic carbocycles. The monoisotopic (exact) mass is 242 g/mol. The van der Waals surface area contributed by atoms with Crippen LogP contribution >= 0.6 is 11.6 Å². The summed E-state index contributed by atoms with van der Waals surface area (Å²) in [5.41, 5.74) is 1.75. The van der Waals surface area contributed by atoms with Crippen LogP contribution in [0.3, 0.4) is 0 Å². The van der Waals surface area contributed by atoms with Crippen LogP contribution in [-0.2, 0) is 17.6 Å². The van der Waals surface area contributed by atoms with E-state index in [2.05, 4.69) is 20.5 Å². The van der Waals surface area contributed by atoms with Crippen molar-refractivity contribution < 1.29 is 4.79 Å². The van der Waals surface area contributed by atoms with E-state index in [0.717, 1.165) is 24.2 Å². The van der Waals surface area contributed by atoms with Crippen LogP contribution in [0.15, 0.2) is 0 Å². The molecule has 6 heteroatoms. The van der Waals surface area contributed by atoms with E-state index >= 15 is 0 Å². The number of nitrogens with zero attached hydrogens (tertiary/aromatic N) is 3. The van der Waals surface area contributed by atoms with Crippen molar-refractivity contribution in [2.75, 3.05) is 11.2 Å². The number of carbonyl (C=O) groups excluding carboxylic acids is 1. The molecule has 0 spiro atoms. The van der Waals surface area contributed by atoms with Crippen LogP contribution in [0.25, 0.3) is 0 Å². The molecule has 1 heterocycles. The first-order valence-corrected chi connectivity index (χ1v) is 5.83. The van der Waals surface area contributed by atoms with Crippen LogP contribution < -0.4 is 5.32 Å². The van der Waals surface area contributed by atoms with E-state index in [9.17, 15) is 4.79 Å². The maximum atomic E-state index is 11.3. The predicted molar refractivity (Wildman–Crippen MR) is 62.5 cm³/mol. The van der Waals surface area contributed by atoms with E-state index in [-0.39, 0.29) is 24.2 Å². The van der Waals surface area contributed by atoms with Crippen molar-refractivity contribution >= 4 is 23.5 Å². The minimum atomic E-state index is -0.192. The van der Waals surface area contributed by atoms with Gasteiger partial charge in [0.15, 0.2) is 0 Å². The lowest BCUT2D eigenvalue weighted by molar-refractivity contribution is -0.115. The first-order valence-electron chi connectivity index (χ1n) is 5.29. The fourth-order valence-electron chi connectivity index (χ4n) is 1.26. The zero-order chi connectivity index (χ0) is 12.0. The highest BCUT2D eigenvalue weighted by Crippen LogP contribution is 2.06. The van der Waals surface area contributed by atoms with Gasteiger partial charge in [-0.2, -0.15) is 0 Å². The predicted octanol–water partition coefficient (Wildman–Crippen LogP) is 1.56. The van der Waals surface area contributed by atoms with Gasteiger partial charge in [0, 0.05) is 12.3 Å². The Morgan fingerprint density at radius 2 is 1.94 bits per heavy atom. The Bertz CT molecular complexity index is 370. The highest BCUT2D eigenvalue weighted by molar-refractivity contribution is 6.19. The summed E-state index contributed by atoms with van der Waals surface area (Å²) >= 11 is 5.45. The number of amides is 1. The molecule has 0 atom stereocenters. The lowest BCUT2D eigenvalue weighted by atomic mass is 10.2. The number of alkyl halides is 1. The number of carbonyl (C=O) groups is 1. The van der Waals surface area contributed by atoms with Gasteiger partial charge in [0.1, 0.15) is 0 Å². The van der Waals surface area contributed by atoms with Crippen LogP contribution in [0.5, 0.6) is 0 Å². The smallest absolute Gasteiger partial charge is 0.249 e. The molecule has 0 aliphatic rings. The molecule has 1 amide bonds. The SMILES string of the molecule is CCc1nnc(NC(=O)CCCl)nc1CC. The second-order valence-electron chi connectivity index (χ2n) is 3.22. The van der Waals surface area contributed by atoms with E-state index in [4.69, 9.17) is 11.6 Å². The first kappa shape index (κ1) is 12.8. The lowest BCUT2D eigenvalue weighted by Gasteiger charge is -2.06. The topological polar surface area (TPSA) is 67.8 Å². The molecule has 1 aromatic heterocycles. The third kappa shape index (κ3) is 3.41. The summed E-state index contributed by atoms with van der Waals surface area (Å²) in [6, 6.07) is 0. The highest BCUT2D eigenvalue weighted by Gasteiger charge is 2.08. The average Bonchev–Trinajstić information content (AvgIpc) is 2.29. The molecule has 5 nitrogen and oxygen atoms in total. The zero-order valence-electron chi connectivity index (χ0n) is 9.46. The molecule has 16 heavy (non-hydrogen) atoms. The van der Waals surface area contributed by atoms with Gasteiger partial charge in [-0.3, -0.25) is 10.1 Å². The summed E-state index contributed by atoms with van der Waals surface area (Å²) in [5.74, 6) is 0.347. The number of aromatic nitrogens is 3. The van der Waals surface area contributed by atoms with Crippen LogP contribution in [0.4, 0.5) is 5.95 Å². The van der Waals surface area contributed by atoms with E-state index in [1.165, 1.54) is 0 Å². The number of hydrogen-bond acceptors (Lipinski definition) is 4. The van der Waals surface area contributed by atoms with Gasteiger partial charge in [-0.15, -0.1) is 21.8 Å². The van der Waals surface area contributed by atoms with Gasteiger partial charge >= 0.3 is 0 Å². The number of anilines is 1. The summed E-state index contributed by atoms with van der Waals surface area (Å²) in [6.07, 6.45) is 1.82. The standard InChI is InChI=1S/C10H15ClN4O/c1-3-7-8(4-2)14-15-10(12-7)13-9(16)5-6-11/h3-6H2,1-2H3,(H,12,13,15,16). The van der Waals surface area contributed by atoms with E-state index in [1.807, 2.05) is 13.8 Å². The van der Waals surface area contributed by atoms with Crippen molar-refractivity contribution in [3.8, 4) is 0 Å². The minimum Gasteiger partial charge on any atom is -0.293 e. The normalized spacial score (nSPS) is 10.2. The zero-order valence-corrected chi connectivity index (χ0v) is 10.2. The van der Waals surface area contributed by atoms with Crippen LogP contribution in [0, 0.1) is 0 Å². The van der Waals surface area contributed by atoms with Gasteiger partial charge in [0.2, 0.25) is 11.9 Å². The Labute approximate surface area is 99.6 Å². The molecule has 0 aliphatic carbocycles. The summed E-state index contributed by atoms with van der Waals surface area (Å²) in [4.78, 5) is 15.5. The number of rotatable bonds is 5. The van der Waals surface area contributed by atoms with Crippen molar-refractivity contribution in [2.45, 2.75) is 33.1 Å². The minimum absolute atomic E-state index is 0.192. The molecule has 1 aromatic rings. The second-order valence-corrected chi connectivity index (χ2v) is 3.60. The van der Waals surface area contributed by atoms with Crippen LogP contribution in [-0.4, -0.2) is 27.0 Å². The molecule has 0 unspecified atom stereocenters. The fraction of sp³-hybridized carbons (Fsp3) is 0.600. The second kappa shape index (κ2) is 6.37. The van der Waals surface area contributed by atoms with Crippen molar-refractivity contribution in [1.82, 2.24) is 15.2 Å². The van der Waals surface area contributed by atoms with Gasteiger partial charge < -0.3 is 0 Å². The average molecular weight is 243 g/mol. The van der Waals surface area contributed by atoms with Gasteiger partial charge in [0.25, 0.3) is 0 Å². The molecule has 0 aliphatic heterocycles. The van der Waals surface area contributed by atoms with Crippen molar-refractivity contribution in [1.29, 1.82) is 0 Å². The molecule has 1 N–H and O–H groups in total. The maximum Gasteiger partial charge on any atom is 0.249 e. The summed E-state index contributed by atoms with van der Waals surface area (Å²) < 4.78 is 0. The van der Waals surface area contributed by atoms with E-state index in [1.54, 1.807) is 0 Å². The molecule has 0 fully saturated rings. The largest absolute Gasteiger partial charge is 0.293 e. The Hall–Kier alpha value is -1.23. The first-order chi connectivity index (χ1) is 7.71. The third-order valence-electron chi connectivity index (χ3n) is 2.08. The number of nitrogens with one attached hydrogen (secondary N) is 1. The Balaban J connectivity index is 2.78. The van der Waals surface area contributed by atoms with Crippen LogP contribution in [0.2, 0.25) is 0 Å². The van der Waals surface area contributed by atoms with Gasteiger partial charge in [-0.25, -0.2) is 4.98 Å². The summed E-state index contributed by atoms with van der Waals surface area (Å²) in [7, 11) is 0. The highest BCUT2D eigenvalue weighted by atomic mass is 35.5. The molecule has 0 saturated carbocycles. The third-order valence-corrected chi connectivity index (χ3v) is 2.27. The lowest BCUT2D eigenvalue weighted by Crippen LogP contribution is -2.16. The van der Waals surface area contributed by atoms with Gasteiger partial charge in [-0.1, -0.05) is 13.8 Å². The number of aryl methyl sites for hydroxylation is 2. The number of hydrogen-bond donors (Lipinski definition) is 1. The maximum absolute atomic E-state index is 11.3. The Kier molecular flexibility index (Phi) is 5.11. The molecule has 0 saturated heterocycles. The molecular formula is C10H15ClN4O. The molecule has 0 bridgehead atoms.